The molecular formula is C21H24N4O. The van der Waals surface area contributed by atoms with Crippen LogP contribution in [0.2, 0.25) is 0 Å². The fourth-order valence-corrected chi connectivity index (χ4v) is 3.67. The van der Waals surface area contributed by atoms with Gasteiger partial charge in [0.15, 0.2) is 0 Å². The molecule has 0 atom stereocenters. The number of pyridine rings is 1. The van der Waals surface area contributed by atoms with Crippen LogP contribution in [0.15, 0.2) is 61.1 Å². The zero-order valence-electron chi connectivity index (χ0n) is 14.8. The summed E-state index contributed by atoms with van der Waals surface area (Å²) in [6, 6.07) is 14.8. The largest absolute Gasteiger partial charge is 0.381 e. The van der Waals surface area contributed by atoms with Gasteiger partial charge in [-0.3, -0.25) is 9.78 Å². The van der Waals surface area contributed by atoms with E-state index in [1.165, 1.54) is 10.9 Å². The Labute approximate surface area is 153 Å². The van der Waals surface area contributed by atoms with Crippen molar-refractivity contribution < 1.29 is 4.79 Å². The van der Waals surface area contributed by atoms with Crippen molar-refractivity contribution in [1.82, 2.24) is 14.5 Å². The van der Waals surface area contributed by atoms with Gasteiger partial charge in [-0.2, -0.15) is 0 Å². The van der Waals surface area contributed by atoms with Gasteiger partial charge in [0, 0.05) is 56.2 Å². The van der Waals surface area contributed by atoms with Crippen molar-refractivity contribution in [2.24, 2.45) is 0 Å². The third kappa shape index (κ3) is 3.72. The van der Waals surface area contributed by atoms with Crippen molar-refractivity contribution >= 4 is 22.5 Å². The lowest BCUT2D eigenvalue weighted by atomic mass is 10.0. The maximum absolute atomic E-state index is 12.6. The fraction of sp³-hybridized carbons (Fsp3) is 0.333. The number of nitrogens with zero attached hydrogens (tertiary/aromatic N) is 3. The molecule has 1 N–H and O–H groups in total. The van der Waals surface area contributed by atoms with E-state index in [9.17, 15) is 4.79 Å². The van der Waals surface area contributed by atoms with Crippen LogP contribution in [0, 0.1) is 0 Å². The molecular weight excluding hydrogens is 324 g/mol. The maximum Gasteiger partial charge on any atom is 0.224 e. The first kappa shape index (κ1) is 16.6. The smallest absolute Gasteiger partial charge is 0.224 e. The van der Waals surface area contributed by atoms with Crippen molar-refractivity contribution in [2.45, 2.75) is 31.8 Å². The Morgan fingerprint density at radius 1 is 1.12 bits per heavy atom. The van der Waals surface area contributed by atoms with Crippen molar-refractivity contribution in [2.75, 3.05) is 18.4 Å². The number of benzene rings is 1. The number of aryl methyl sites for hydroxylation is 1. The Balaban J connectivity index is 1.27. The van der Waals surface area contributed by atoms with Gasteiger partial charge in [0.1, 0.15) is 0 Å². The van der Waals surface area contributed by atoms with Crippen LogP contribution in [-0.4, -0.2) is 39.5 Å². The third-order valence-electron chi connectivity index (χ3n) is 5.13. The molecule has 3 heterocycles. The first-order chi connectivity index (χ1) is 12.8. The predicted octanol–water partition coefficient (Wildman–Crippen LogP) is 3.53. The molecule has 5 nitrogen and oxygen atoms in total. The molecule has 5 heteroatoms. The van der Waals surface area contributed by atoms with Gasteiger partial charge in [-0.15, -0.1) is 0 Å². The molecule has 1 aliphatic rings. The Morgan fingerprint density at radius 2 is 1.96 bits per heavy atom. The van der Waals surface area contributed by atoms with Crippen molar-refractivity contribution in [3.05, 3.63) is 61.1 Å². The van der Waals surface area contributed by atoms with E-state index in [1.54, 1.807) is 6.20 Å². The van der Waals surface area contributed by atoms with Gasteiger partial charge in [-0.25, -0.2) is 0 Å². The Hall–Kier alpha value is -2.82. The minimum atomic E-state index is 0.252. The second kappa shape index (κ2) is 7.60. The highest BCUT2D eigenvalue weighted by atomic mass is 16.2. The average molecular weight is 348 g/mol. The number of fused-ring (bicyclic) bond motifs is 1. The summed E-state index contributed by atoms with van der Waals surface area (Å²) in [4.78, 5) is 18.7. The lowest BCUT2D eigenvalue weighted by Gasteiger charge is -2.33. The number of hydrogen-bond donors (Lipinski definition) is 1. The number of carbonyl (C=O) groups excluding carboxylic acids is 1. The van der Waals surface area contributed by atoms with E-state index in [-0.39, 0.29) is 5.91 Å². The SMILES string of the molecule is O=C(CCn1ccc2ccccc21)N1CCC(Nc2cccnc2)CC1. The van der Waals surface area contributed by atoms with Crippen molar-refractivity contribution in [3.63, 3.8) is 0 Å². The molecule has 1 aliphatic heterocycles. The number of rotatable bonds is 5. The van der Waals surface area contributed by atoms with Crippen LogP contribution in [0.5, 0.6) is 0 Å². The van der Waals surface area contributed by atoms with Gasteiger partial charge < -0.3 is 14.8 Å². The van der Waals surface area contributed by atoms with E-state index in [0.717, 1.165) is 38.2 Å². The molecule has 2 aromatic heterocycles. The summed E-state index contributed by atoms with van der Waals surface area (Å²) in [6.45, 7) is 2.38. The molecule has 0 radical (unpaired) electrons. The second-order valence-corrected chi connectivity index (χ2v) is 6.86. The van der Waals surface area contributed by atoms with Crippen LogP contribution < -0.4 is 5.32 Å². The number of nitrogens with one attached hydrogen (secondary N) is 1. The molecule has 0 bridgehead atoms. The summed E-state index contributed by atoms with van der Waals surface area (Å²) >= 11 is 0. The number of hydrogen-bond acceptors (Lipinski definition) is 3. The van der Waals surface area contributed by atoms with E-state index in [0.29, 0.717) is 12.5 Å². The number of para-hydroxylation sites is 1. The minimum Gasteiger partial charge on any atom is -0.381 e. The first-order valence-corrected chi connectivity index (χ1v) is 9.28. The first-order valence-electron chi connectivity index (χ1n) is 9.28. The molecule has 1 fully saturated rings. The second-order valence-electron chi connectivity index (χ2n) is 6.86. The molecule has 134 valence electrons. The van der Waals surface area contributed by atoms with E-state index in [1.807, 2.05) is 35.4 Å². The number of aromatic nitrogens is 2. The molecule has 4 rings (SSSR count). The van der Waals surface area contributed by atoms with Gasteiger partial charge >= 0.3 is 0 Å². The van der Waals surface area contributed by atoms with Crippen molar-refractivity contribution in [1.29, 1.82) is 0 Å². The summed E-state index contributed by atoms with van der Waals surface area (Å²) < 4.78 is 2.17. The van der Waals surface area contributed by atoms with Crippen LogP contribution in [-0.2, 0) is 11.3 Å². The lowest BCUT2D eigenvalue weighted by Crippen LogP contribution is -2.42. The normalized spacial score (nSPS) is 15.3. The minimum absolute atomic E-state index is 0.252. The number of likely N-dealkylation sites (tertiary alicyclic amines) is 1. The molecule has 3 aromatic rings. The summed E-state index contributed by atoms with van der Waals surface area (Å²) in [5.41, 5.74) is 2.25. The topological polar surface area (TPSA) is 50.2 Å². The number of piperidine rings is 1. The molecule has 0 saturated carbocycles. The van der Waals surface area contributed by atoms with Crippen LogP contribution in [0.1, 0.15) is 19.3 Å². The molecule has 0 unspecified atom stereocenters. The van der Waals surface area contributed by atoms with Crippen molar-refractivity contribution in [3.8, 4) is 0 Å². The van der Waals surface area contributed by atoms with Gasteiger partial charge in [0.05, 0.1) is 5.69 Å². The quantitative estimate of drug-likeness (QED) is 0.767. The third-order valence-corrected chi connectivity index (χ3v) is 5.13. The van der Waals surface area contributed by atoms with Crippen LogP contribution in [0.4, 0.5) is 5.69 Å². The molecule has 0 spiro atoms. The van der Waals surface area contributed by atoms with Gasteiger partial charge in [0.2, 0.25) is 5.91 Å². The Kier molecular flexibility index (Phi) is 4.86. The van der Waals surface area contributed by atoms with Gasteiger partial charge in [-0.1, -0.05) is 18.2 Å². The molecule has 26 heavy (non-hydrogen) atoms. The lowest BCUT2D eigenvalue weighted by molar-refractivity contribution is -0.132. The average Bonchev–Trinajstić information content (AvgIpc) is 3.11. The summed E-state index contributed by atoms with van der Waals surface area (Å²) in [7, 11) is 0. The monoisotopic (exact) mass is 348 g/mol. The van der Waals surface area contributed by atoms with Gasteiger partial charge in [0.25, 0.3) is 0 Å². The van der Waals surface area contributed by atoms with E-state index < -0.39 is 0 Å². The molecule has 1 amide bonds. The van der Waals surface area contributed by atoms with E-state index in [4.69, 9.17) is 0 Å². The van der Waals surface area contributed by atoms with Gasteiger partial charge in [-0.05, 0) is 42.5 Å². The van der Waals surface area contributed by atoms with E-state index in [2.05, 4.69) is 39.3 Å². The van der Waals surface area contributed by atoms with Crippen LogP contribution >= 0.6 is 0 Å². The highest BCUT2D eigenvalue weighted by Gasteiger charge is 2.22. The van der Waals surface area contributed by atoms with Crippen LogP contribution in [0.25, 0.3) is 10.9 Å². The zero-order chi connectivity index (χ0) is 17.8. The fourth-order valence-electron chi connectivity index (χ4n) is 3.67. The number of amides is 1. The molecule has 1 aromatic carbocycles. The predicted molar refractivity (Wildman–Crippen MR) is 104 cm³/mol. The highest BCUT2D eigenvalue weighted by molar-refractivity contribution is 5.80. The standard InChI is InChI=1S/C21H24N4O/c26-21(10-15-24-12-7-17-4-1-2-6-20(17)24)25-13-8-18(9-14-25)23-19-5-3-11-22-16-19/h1-7,11-12,16,18,23H,8-10,13-15H2. The highest BCUT2D eigenvalue weighted by Crippen LogP contribution is 2.18. The molecule has 1 saturated heterocycles. The summed E-state index contributed by atoms with van der Waals surface area (Å²) in [6.07, 6.45) is 8.21. The Bertz CT molecular complexity index is 866. The number of carbonyl (C=O) groups is 1. The molecule has 0 aliphatic carbocycles. The maximum atomic E-state index is 12.6. The Morgan fingerprint density at radius 3 is 2.77 bits per heavy atom. The van der Waals surface area contributed by atoms with Crippen LogP contribution in [0.3, 0.4) is 0 Å². The summed E-state index contributed by atoms with van der Waals surface area (Å²) in [5, 5.41) is 4.73. The number of anilines is 1. The van der Waals surface area contributed by atoms with E-state index >= 15 is 0 Å². The zero-order valence-corrected chi connectivity index (χ0v) is 14.8. The summed E-state index contributed by atoms with van der Waals surface area (Å²) in [5.74, 6) is 0.252.